The highest BCUT2D eigenvalue weighted by Crippen LogP contribution is 2.46. The zero-order valence-corrected chi connectivity index (χ0v) is 10.6. The van der Waals surface area contributed by atoms with Gasteiger partial charge in [-0.15, -0.1) is 0 Å². The molecule has 19 heavy (non-hydrogen) atoms. The largest absolute Gasteiger partial charge is 0.299 e. The summed E-state index contributed by atoms with van der Waals surface area (Å²) in [5, 5.41) is 2.15. The Hall–Kier alpha value is -1.96. The van der Waals surface area contributed by atoms with Gasteiger partial charge >= 0.3 is 0 Å². The molecule has 2 nitrogen and oxygen atoms in total. The van der Waals surface area contributed by atoms with Crippen LogP contribution in [-0.4, -0.2) is 11.6 Å². The molecule has 2 aliphatic carbocycles. The molecule has 2 aliphatic rings. The van der Waals surface area contributed by atoms with E-state index in [-0.39, 0.29) is 23.4 Å². The predicted octanol–water partition coefficient (Wildman–Crippen LogP) is 3.49. The standard InChI is InChI=1S/C17H14O2/c18-15-8-7-12-13-6-5-10-3-1-2-4-11(10)17(13)16(19)9-14(12)15/h1-6,12,14H,7-9H2/t12-,14+/m0/s1. The second kappa shape index (κ2) is 3.77. The van der Waals surface area contributed by atoms with Crippen LogP contribution in [0, 0.1) is 5.92 Å². The minimum Gasteiger partial charge on any atom is -0.299 e. The number of benzene rings is 2. The highest BCUT2D eigenvalue weighted by atomic mass is 16.1. The summed E-state index contributed by atoms with van der Waals surface area (Å²) in [6, 6.07) is 12.2. The van der Waals surface area contributed by atoms with Gasteiger partial charge in [-0.05, 0) is 28.7 Å². The lowest BCUT2D eigenvalue weighted by molar-refractivity contribution is -0.120. The number of fused-ring (bicyclic) bond motifs is 5. The molecule has 0 N–H and O–H groups in total. The van der Waals surface area contributed by atoms with E-state index in [1.165, 1.54) is 0 Å². The summed E-state index contributed by atoms with van der Waals surface area (Å²) >= 11 is 0. The molecule has 2 aromatic carbocycles. The van der Waals surface area contributed by atoms with Gasteiger partial charge in [-0.3, -0.25) is 9.59 Å². The van der Waals surface area contributed by atoms with E-state index in [0.717, 1.165) is 28.3 Å². The molecule has 0 saturated heterocycles. The van der Waals surface area contributed by atoms with Crippen LogP contribution in [0.4, 0.5) is 0 Å². The van der Waals surface area contributed by atoms with Gasteiger partial charge in [-0.2, -0.15) is 0 Å². The number of hydrogen-bond donors (Lipinski definition) is 0. The minimum atomic E-state index is -0.0545. The van der Waals surface area contributed by atoms with Gasteiger partial charge in [0.05, 0.1) is 0 Å². The molecule has 2 atom stereocenters. The van der Waals surface area contributed by atoms with Gasteiger partial charge in [-0.1, -0.05) is 36.4 Å². The first-order valence-electron chi connectivity index (χ1n) is 6.83. The van der Waals surface area contributed by atoms with Gasteiger partial charge in [0.25, 0.3) is 0 Å². The Balaban J connectivity index is 2.01. The maximum Gasteiger partial charge on any atom is 0.164 e. The normalized spacial score (nSPS) is 25.5. The minimum absolute atomic E-state index is 0.0545. The average Bonchev–Trinajstić information content (AvgIpc) is 2.80. The van der Waals surface area contributed by atoms with Crippen molar-refractivity contribution in [1.82, 2.24) is 0 Å². The topological polar surface area (TPSA) is 34.1 Å². The fourth-order valence-corrected chi connectivity index (χ4v) is 3.75. The molecule has 94 valence electrons. The van der Waals surface area contributed by atoms with Crippen molar-refractivity contribution >= 4 is 22.3 Å². The molecular weight excluding hydrogens is 236 g/mol. The van der Waals surface area contributed by atoms with E-state index in [9.17, 15) is 9.59 Å². The number of rotatable bonds is 0. The lowest BCUT2D eigenvalue weighted by Gasteiger charge is -2.27. The van der Waals surface area contributed by atoms with Crippen molar-refractivity contribution in [2.45, 2.75) is 25.2 Å². The van der Waals surface area contributed by atoms with E-state index in [4.69, 9.17) is 0 Å². The second-order valence-electron chi connectivity index (χ2n) is 5.60. The molecule has 0 amide bonds. The molecule has 0 bridgehead atoms. The van der Waals surface area contributed by atoms with Gasteiger partial charge in [0, 0.05) is 24.3 Å². The van der Waals surface area contributed by atoms with Crippen molar-refractivity contribution in [2.75, 3.05) is 0 Å². The van der Waals surface area contributed by atoms with E-state index < -0.39 is 0 Å². The highest BCUT2D eigenvalue weighted by molar-refractivity contribution is 6.12. The molecule has 0 unspecified atom stereocenters. The van der Waals surface area contributed by atoms with Crippen LogP contribution in [0.1, 0.15) is 41.1 Å². The van der Waals surface area contributed by atoms with Crippen LogP contribution in [0.5, 0.6) is 0 Å². The Bertz CT molecular complexity index is 714. The van der Waals surface area contributed by atoms with Crippen LogP contribution in [-0.2, 0) is 4.79 Å². The molecule has 0 aromatic heterocycles. The maximum absolute atomic E-state index is 12.4. The molecule has 2 heteroatoms. The molecule has 0 heterocycles. The van der Waals surface area contributed by atoms with Gasteiger partial charge < -0.3 is 0 Å². The Morgan fingerprint density at radius 1 is 0.947 bits per heavy atom. The summed E-state index contributed by atoms with van der Waals surface area (Å²) < 4.78 is 0. The van der Waals surface area contributed by atoms with Gasteiger partial charge in [0.2, 0.25) is 0 Å². The van der Waals surface area contributed by atoms with Crippen LogP contribution in [0.3, 0.4) is 0 Å². The van der Waals surface area contributed by atoms with Gasteiger partial charge in [0.15, 0.2) is 5.78 Å². The third-order valence-electron chi connectivity index (χ3n) is 4.65. The summed E-state index contributed by atoms with van der Waals surface area (Å²) in [4.78, 5) is 24.3. The van der Waals surface area contributed by atoms with Crippen LogP contribution in [0.25, 0.3) is 10.8 Å². The molecule has 0 spiro atoms. The number of carbonyl (C=O) groups is 2. The van der Waals surface area contributed by atoms with Gasteiger partial charge in [0.1, 0.15) is 5.78 Å². The lowest BCUT2D eigenvalue weighted by Crippen LogP contribution is -2.25. The maximum atomic E-state index is 12.4. The lowest BCUT2D eigenvalue weighted by atomic mass is 9.74. The molecule has 4 rings (SSSR count). The summed E-state index contributed by atoms with van der Waals surface area (Å²) in [5.74, 6) is 0.631. The molecule has 0 aliphatic heterocycles. The van der Waals surface area contributed by atoms with Crippen molar-refractivity contribution in [3.05, 3.63) is 47.5 Å². The fourth-order valence-electron chi connectivity index (χ4n) is 3.75. The van der Waals surface area contributed by atoms with E-state index in [1.807, 2.05) is 24.3 Å². The second-order valence-corrected chi connectivity index (χ2v) is 5.60. The van der Waals surface area contributed by atoms with E-state index in [2.05, 4.69) is 12.1 Å². The zero-order valence-electron chi connectivity index (χ0n) is 10.6. The van der Waals surface area contributed by atoms with Crippen LogP contribution < -0.4 is 0 Å². The third kappa shape index (κ3) is 1.43. The van der Waals surface area contributed by atoms with Crippen LogP contribution in [0.15, 0.2) is 36.4 Å². The van der Waals surface area contributed by atoms with Gasteiger partial charge in [-0.25, -0.2) is 0 Å². The monoisotopic (exact) mass is 250 g/mol. The summed E-state index contributed by atoms with van der Waals surface area (Å²) in [5.41, 5.74) is 1.97. The first-order valence-corrected chi connectivity index (χ1v) is 6.83. The molecule has 1 saturated carbocycles. The van der Waals surface area contributed by atoms with Crippen LogP contribution in [0.2, 0.25) is 0 Å². The zero-order chi connectivity index (χ0) is 13.0. The number of hydrogen-bond acceptors (Lipinski definition) is 2. The first-order chi connectivity index (χ1) is 9.25. The average molecular weight is 250 g/mol. The Morgan fingerprint density at radius 3 is 2.68 bits per heavy atom. The fraction of sp³-hybridized carbons (Fsp3) is 0.294. The van der Waals surface area contributed by atoms with Crippen molar-refractivity contribution in [1.29, 1.82) is 0 Å². The highest BCUT2D eigenvalue weighted by Gasteiger charge is 2.42. The number of carbonyl (C=O) groups excluding carboxylic acids is 2. The molecule has 2 aromatic rings. The van der Waals surface area contributed by atoms with Crippen molar-refractivity contribution in [3.63, 3.8) is 0 Å². The summed E-state index contributed by atoms with van der Waals surface area (Å²) in [6.07, 6.45) is 1.95. The number of ketones is 2. The quantitative estimate of drug-likeness (QED) is 0.717. The summed E-state index contributed by atoms with van der Waals surface area (Å²) in [6.45, 7) is 0. The molecule has 0 radical (unpaired) electrons. The SMILES string of the molecule is O=C1C[C@H]2C(=O)CC[C@H]2c2ccc3ccccc3c21. The van der Waals surface area contributed by atoms with E-state index >= 15 is 0 Å². The molecular formula is C17H14O2. The van der Waals surface area contributed by atoms with Crippen LogP contribution >= 0.6 is 0 Å². The van der Waals surface area contributed by atoms with Crippen molar-refractivity contribution < 1.29 is 9.59 Å². The first kappa shape index (κ1) is 10.9. The van der Waals surface area contributed by atoms with Crippen molar-refractivity contribution in [3.8, 4) is 0 Å². The van der Waals surface area contributed by atoms with E-state index in [1.54, 1.807) is 0 Å². The van der Waals surface area contributed by atoms with E-state index in [0.29, 0.717) is 12.8 Å². The summed E-state index contributed by atoms with van der Waals surface area (Å²) in [7, 11) is 0. The molecule has 1 fully saturated rings. The predicted molar refractivity (Wildman–Crippen MR) is 73.4 cm³/mol. The number of Topliss-reactive ketones (excluding diaryl/α,β-unsaturated/α-hetero) is 2. The van der Waals surface area contributed by atoms with Crippen molar-refractivity contribution in [2.24, 2.45) is 5.92 Å². The Kier molecular flexibility index (Phi) is 2.16. The Morgan fingerprint density at radius 2 is 1.79 bits per heavy atom. The Labute approximate surface area is 111 Å². The third-order valence-corrected chi connectivity index (χ3v) is 4.65. The smallest absolute Gasteiger partial charge is 0.164 e.